The van der Waals surface area contributed by atoms with Gasteiger partial charge in [0.05, 0.1) is 0 Å². The van der Waals surface area contributed by atoms with Crippen LogP contribution in [-0.2, 0) is 6.54 Å². The van der Waals surface area contributed by atoms with Gasteiger partial charge in [-0.2, -0.15) is 0 Å². The molecule has 1 unspecified atom stereocenters. The first kappa shape index (κ1) is 15.9. The summed E-state index contributed by atoms with van der Waals surface area (Å²) in [6.07, 6.45) is 10.9. The van der Waals surface area contributed by atoms with E-state index < -0.39 is 0 Å². The Morgan fingerprint density at radius 2 is 2.12 bits per heavy atom. The highest BCUT2D eigenvalue weighted by Crippen LogP contribution is 2.51. The number of likely N-dealkylation sites (tertiary alicyclic amines) is 1. The van der Waals surface area contributed by atoms with Gasteiger partial charge in [0.25, 0.3) is 0 Å². The van der Waals surface area contributed by atoms with Crippen molar-refractivity contribution in [3.05, 3.63) is 12.2 Å². The molecule has 0 aromatic carbocycles. The Labute approximate surface area is 144 Å². The van der Waals surface area contributed by atoms with Crippen LogP contribution >= 0.6 is 0 Å². The van der Waals surface area contributed by atoms with Crippen LogP contribution in [0.15, 0.2) is 6.33 Å². The summed E-state index contributed by atoms with van der Waals surface area (Å²) in [6.45, 7) is 5.38. The Hall–Kier alpha value is -1.59. The lowest BCUT2D eigenvalue weighted by molar-refractivity contribution is 0.163. The topological polar surface area (TPSA) is 63.1 Å². The van der Waals surface area contributed by atoms with Crippen LogP contribution in [0, 0.1) is 11.3 Å². The fraction of sp³-hybridized carbons (Fsp3) is 0.833. The number of nitrogens with zero attached hydrogens (tertiary/aromatic N) is 4. The third kappa shape index (κ3) is 2.91. The second-order valence-corrected chi connectivity index (χ2v) is 7.98. The summed E-state index contributed by atoms with van der Waals surface area (Å²) in [6, 6.07) is 0.0817. The number of aromatic nitrogens is 3. The van der Waals surface area contributed by atoms with Crippen molar-refractivity contribution in [3.63, 3.8) is 0 Å². The van der Waals surface area contributed by atoms with Crippen molar-refractivity contribution in [2.24, 2.45) is 11.3 Å². The van der Waals surface area contributed by atoms with E-state index in [1.54, 1.807) is 0 Å². The van der Waals surface area contributed by atoms with Gasteiger partial charge in [-0.05, 0) is 43.9 Å². The Morgan fingerprint density at radius 3 is 2.83 bits per heavy atom. The van der Waals surface area contributed by atoms with Crippen molar-refractivity contribution in [3.8, 4) is 0 Å². The zero-order chi connectivity index (χ0) is 16.6. The lowest BCUT2D eigenvalue weighted by Crippen LogP contribution is -2.40. The fourth-order valence-electron chi connectivity index (χ4n) is 4.76. The standard InChI is InChI=1S/C18H29N5O/c1-2-19-17(24)22-11-15(18(12-22)8-4-3-5-9-18)16-21-20-13-23(16)10-14-6-7-14/h13-15H,2-12H2,1H3,(H,19,24). The van der Waals surface area contributed by atoms with E-state index in [4.69, 9.17) is 0 Å². The number of carbonyl (C=O) groups excluding carboxylic acids is 1. The van der Waals surface area contributed by atoms with Crippen molar-refractivity contribution in [1.82, 2.24) is 25.0 Å². The summed E-state index contributed by atoms with van der Waals surface area (Å²) < 4.78 is 2.28. The third-order valence-corrected chi connectivity index (χ3v) is 6.22. The van der Waals surface area contributed by atoms with Gasteiger partial charge in [-0.3, -0.25) is 0 Å². The highest BCUT2D eigenvalue weighted by molar-refractivity contribution is 5.74. The first-order chi connectivity index (χ1) is 11.7. The van der Waals surface area contributed by atoms with Crippen molar-refractivity contribution in [2.45, 2.75) is 64.3 Å². The van der Waals surface area contributed by atoms with Crippen LogP contribution in [0.25, 0.3) is 0 Å². The largest absolute Gasteiger partial charge is 0.338 e. The lowest BCUT2D eigenvalue weighted by atomic mass is 9.67. The predicted molar refractivity (Wildman–Crippen MR) is 91.7 cm³/mol. The van der Waals surface area contributed by atoms with Crippen molar-refractivity contribution in [2.75, 3.05) is 19.6 Å². The van der Waals surface area contributed by atoms with Gasteiger partial charge in [0.2, 0.25) is 0 Å². The molecule has 2 saturated carbocycles. The molecule has 1 aromatic heterocycles. The van der Waals surface area contributed by atoms with Gasteiger partial charge < -0.3 is 14.8 Å². The molecule has 2 amide bonds. The number of rotatable bonds is 4. The van der Waals surface area contributed by atoms with Crippen LogP contribution in [0.4, 0.5) is 4.79 Å². The average molecular weight is 331 g/mol. The summed E-state index contributed by atoms with van der Waals surface area (Å²) in [5.41, 5.74) is 0.206. The summed E-state index contributed by atoms with van der Waals surface area (Å²) >= 11 is 0. The van der Waals surface area contributed by atoms with Crippen LogP contribution in [0.3, 0.4) is 0 Å². The predicted octanol–water partition coefficient (Wildman–Crippen LogP) is 2.77. The fourth-order valence-corrected chi connectivity index (χ4v) is 4.76. The molecule has 132 valence electrons. The number of nitrogens with one attached hydrogen (secondary N) is 1. The lowest BCUT2D eigenvalue weighted by Gasteiger charge is -2.37. The maximum atomic E-state index is 12.4. The van der Waals surface area contributed by atoms with Gasteiger partial charge >= 0.3 is 6.03 Å². The van der Waals surface area contributed by atoms with Crippen LogP contribution < -0.4 is 5.32 Å². The molecular formula is C18H29N5O. The quantitative estimate of drug-likeness (QED) is 0.923. The van der Waals surface area contributed by atoms with Gasteiger partial charge in [-0.15, -0.1) is 10.2 Å². The molecule has 1 spiro atoms. The molecule has 1 N–H and O–H groups in total. The normalized spacial score (nSPS) is 26.0. The van der Waals surface area contributed by atoms with E-state index in [1.165, 1.54) is 44.9 Å². The minimum atomic E-state index is 0.0817. The van der Waals surface area contributed by atoms with Crippen molar-refractivity contribution >= 4 is 6.03 Å². The molecule has 1 aliphatic heterocycles. The molecule has 1 aromatic rings. The van der Waals surface area contributed by atoms with E-state index in [2.05, 4.69) is 20.1 Å². The average Bonchev–Trinajstić information content (AvgIpc) is 3.17. The maximum Gasteiger partial charge on any atom is 0.317 e. The molecular weight excluding hydrogens is 302 g/mol. The number of hydrogen-bond acceptors (Lipinski definition) is 3. The Balaban J connectivity index is 1.60. The summed E-state index contributed by atoms with van der Waals surface area (Å²) in [7, 11) is 0. The van der Waals surface area contributed by atoms with Crippen LogP contribution in [-0.4, -0.2) is 45.3 Å². The van der Waals surface area contributed by atoms with Gasteiger partial charge in [-0.25, -0.2) is 4.79 Å². The molecule has 0 radical (unpaired) electrons. The van der Waals surface area contributed by atoms with Gasteiger partial charge in [0.1, 0.15) is 12.2 Å². The van der Waals surface area contributed by atoms with E-state index in [0.29, 0.717) is 12.5 Å². The molecule has 3 fully saturated rings. The second kappa shape index (κ2) is 6.37. The van der Waals surface area contributed by atoms with Crippen molar-refractivity contribution < 1.29 is 4.79 Å². The van der Waals surface area contributed by atoms with Gasteiger partial charge in [0.15, 0.2) is 0 Å². The first-order valence-electron chi connectivity index (χ1n) is 9.62. The van der Waals surface area contributed by atoms with E-state index in [0.717, 1.165) is 31.4 Å². The van der Waals surface area contributed by atoms with Crippen LogP contribution in [0.5, 0.6) is 0 Å². The van der Waals surface area contributed by atoms with Crippen molar-refractivity contribution in [1.29, 1.82) is 0 Å². The smallest absolute Gasteiger partial charge is 0.317 e. The summed E-state index contributed by atoms with van der Waals surface area (Å²) in [5.74, 6) is 2.26. The summed E-state index contributed by atoms with van der Waals surface area (Å²) in [5, 5.41) is 11.7. The second-order valence-electron chi connectivity index (χ2n) is 7.98. The van der Waals surface area contributed by atoms with Gasteiger partial charge in [-0.1, -0.05) is 19.3 Å². The minimum absolute atomic E-state index is 0.0817. The molecule has 1 atom stereocenters. The van der Waals surface area contributed by atoms with E-state index >= 15 is 0 Å². The molecule has 6 heteroatoms. The molecule has 1 saturated heterocycles. The highest BCUT2D eigenvalue weighted by atomic mass is 16.2. The number of amides is 2. The molecule has 2 heterocycles. The zero-order valence-electron chi connectivity index (χ0n) is 14.7. The Bertz CT molecular complexity index is 588. The maximum absolute atomic E-state index is 12.4. The molecule has 4 rings (SSSR count). The number of hydrogen-bond donors (Lipinski definition) is 1. The molecule has 3 aliphatic rings. The first-order valence-corrected chi connectivity index (χ1v) is 9.62. The van der Waals surface area contributed by atoms with E-state index in [1.807, 2.05) is 18.2 Å². The molecule has 6 nitrogen and oxygen atoms in total. The van der Waals surface area contributed by atoms with E-state index in [9.17, 15) is 4.79 Å². The minimum Gasteiger partial charge on any atom is -0.338 e. The Morgan fingerprint density at radius 1 is 1.33 bits per heavy atom. The molecule has 24 heavy (non-hydrogen) atoms. The molecule has 0 bridgehead atoms. The SMILES string of the molecule is CCNC(=O)N1CC(c2nncn2CC2CC2)C2(CCCCC2)C1. The highest BCUT2D eigenvalue weighted by Gasteiger charge is 2.50. The summed E-state index contributed by atoms with van der Waals surface area (Å²) in [4.78, 5) is 14.5. The third-order valence-electron chi connectivity index (χ3n) is 6.22. The Kier molecular flexibility index (Phi) is 4.22. The zero-order valence-corrected chi connectivity index (χ0v) is 14.7. The number of carbonyl (C=O) groups is 1. The number of urea groups is 1. The van der Waals surface area contributed by atoms with Crippen LogP contribution in [0.2, 0.25) is 0 Å². The van der Waals surface area contributed by atoms with Gasteiger partial charge in [0, 0.05) is 32.1 Å². The molecule has 2 aliphatic carbocycles. The monoisotopic (exact) mass is 331 g/mol. The van der Waals surface area contributed by atoms with Crippen LogP contribution in [0.1, 0.15) is 63.6 Å². The van der Waals surface area contributed by atoms with E-state index in [-0.39, 0.29) is 11.4 Å².